The van der Waals surface area contributed by atoms with Gasteiger partial charge in [-0.3, -0.25) is 19.4 Å². The first kappa shape index (κ1) is 23.0. The van der Waals surface area contributed by atoms with Gasteiger partial charge in [-0.2, -0.15) is 4.99 Å². The molecule has 1 unspecified atom stereocenters. The second-order valence-corrected chi connectivity index (χ2v) is 9.76. The van der Waals surface area contributed by atoms with Crippen LogP contribution < -0.4 is 10.6 Å². The van der Waals surface area contributed by atoms with E-state index in [1.807, 2.05) is 30.3 Å². The number of hydrogen-bond donors (Lipinski definition) is 2. The molecule has 2 aliphatic rings. The number of carbonyl (C=O) groups is 3. The summed E-state index contributed by atoms with van der Waals surface area (Å²) in [7, 11) is 0. The van der Waals surface area contributed by atoms with Gasteiger partial charge in [0, 0.05) is 36.1 Å². The second-order valence-electron chi connectivity index (χ2n) is 8.59. The van der Waals surface area contributed by atoms with E-state index in [2.05, 4.69) is 25.5 Å². The van der Waals surface area contributed by atoms with Crippen LogP contribution in [-0.4, -0.2) is 51.1 Å². The fourth-order valence-electron chi connectivity index (χ4n) is 4.16. The van der Waals surface area contributed by atoms with Crippen molar-refractivity contribution in [2.45, 2.75) is 30.9 Å². The Kier molecular flexibility index (Phi) is 6.76. The van der Waals surface area contributed by atoms with Crippen LogP contribution in [0.3, 0.4) is 0 Å². The summed E-state index contributed by atoms with van der Waals surface area (Å²) in [5, 5.41) is 6.85. The quantitative estimate of drug-likeness (QED) is 0.556. The second kappa shape index (κ2) is 10.3. The Morgan fingerprint density at radius 1 is 0.971 bits per heavy atom. The minimum absolute atomic E-state index is 0.0571. The molecular formula is C26H25N5O3S. The molecule has 2 aromatic carbocycles. The third-order valence-corrected chi connectivity index (χ3v) is 7.22. The topological polar surface area (TPSA) is 104 Å². The van der Waals surface area contributed by atoms with Crippen LogP contribution in [0.15, 0.2) is 65.8 Å². The van der Waals surface area contributed by atoms with Gasteiger partial charge < -0.3 is 15.5 Å². The SMILES string of the molecule is O=C(CC1SC(N2CCCCC2)=NC1=O)Nc1ccc(C(=O)Nc2cnc3ccccc3c2)cc1. The molecule has 8 nitrogen and oxygen atoms in total. The van der Waals surface area contributed by atoms with Gasteiger partial charge in [-0.25, -0.2) is 0 Å². The van der Waals surface area contributed by atoms with Gasteiger partial charge in [0.15, 0.2) is 5.17 Å². The summed E-state index contributed by atoms with van der Waals surface area (Å²) in [5.41, 5.74) is 2.48. The number of anilines is 2. The van der Waals surface area contributed by atoms with Gasteiger partial charge in [-0.05, 0) is 55.7 Å². The van der Waals surface area contributed by atoms with Crippen molar-refractivity contribution >= 4 is 56.9 Å². The van der Waals surface area contributed by atoms with Crippen LogP contribution in [0.25, 0.3) is 10.9 Å². The van der Waals surface area contributed by atoms with Crippen LogP contribution in [0.4, 0.5) is 11.4 Å². The van der Waals surface area contributed by atoms with Crippen molar-refractivity contribution in [2.24, 2.45) is 4.99 Å². The minimum atomic E-state index is -0.493. The number of aromatic nitrogens is 1. The molecule has 2 aliphatic heterocycles. The normalized spacial score (nSPS) is 17.8. The van der Waals surface area contributed by atoms with E-state index in [-0.39, 0.29) is 24.1 Å². The van der Waals surface area contributed by atoms with E-state index in [0.29, 0.717) is 16.9 Å². The molecule has 1 aromatic heterocycles. The Balaban J connectivity index is 1.14. The fraction of sp³-hybridized carbons (Fsp3) is 0.269. The summed E-state index contributed by atoms with van der Waals surface area (Å²) >= 11 is 1.38. The van der Waals surface area contributed by atoms with Crippen molar-refractivity contribution in [3.63, 3.8) is 0 Å². The monoisotopic (exact) mass is 487 g/mol. The average molecular weight is 488 g/mol. The summed E-state index contributed by atoms with van der Waals surface area (Å²) in [6, 6.07) is 16.2. The van der Waals surface area contributed by atoms with Gasteiger partial charge in [0.1, 0.15) is 5.25 Å². The maximum atomic E-state index is 12.6. The third kappa shape index (κ3) is 5.51. The number of nitrogens with zero attached hydrogens (tertiary/aromatic N) is 3. The number of amides is 3. The van der Waals surface area contributed by atoms with Crippen LogP contribution in [0, 0.1) is 0 Å². The number of pyridine rings is 1. The highest BCUT2D eigenvalue weighted by atomic mass is 32.2. The van der Waals surface area contributed by atoms with Crippen LogP contribution in [0.2, 0.25) is 0 Å². The lowest BCUT2D eigenvalue weighted by Crippen LogP contribution is -2.33. The number of thioether (sulfide) groups is 1. The molecule has 178 valence electrons. The first-order chi connectivity index (χ1) is 17.0. The molecule has 3 aromatic rings. The number of fused-ring (bicyclic) bond motifs is 1. The number of nitrogens with one attached hydrogen (secondary N) is 2. The molecule has 1 saturated heterocycles. The van der Waals surface area contributed by atoms with Crippen LogP contribution >= 0.6 is 11.8 Å². The van der Waals surface area contributed by atoms with Gasteiger partial charge in [-0.15, -0.1) is 0 Å². The summed E-state index contributed by atoms with van der Waals surface area (Å²) in [6.45, 7) is 1.82. The zero-order valence-electron chi connectivity index (χ0n) is 19.1. The molecule has 1 fully saturated rings. The molecule has 0 saturated carbocycles. The zero-order chi connectivity index (χ0) is 24.2. The Labute approximate surface area is 207 Å². The lowest BCUT2D eigenvalue weighted by atomic mass is 10.1. The van der Waals surface area contributed by atoms with Gasteiger partial charge in [0.2, 0.25) is 5.91 Å². The van der Waals surface area contributed by atoms with E-state index >= 15 is 0 Å². The van der Waals surface area contributed by atoms with Gasteiger partial charge >= 0.3 is 0 Å². The van der Waals surface area contributed by atoms with E-state index in [1.165, 1.54) is 18.2 Å². The largest absolute Gasteiger partial charge is 0.351 e. The van der Waals surface area contributed by atoms with Crippen molar-refractivity contribution in [1.29, 1.82) is 0 Å². The molecule has 3 amide bonds. The summed E-state index contributed by atoms with van der Waals surface area (Å²) < 4.78 is 0. The molecule has 2 N–H and O–H groups in total. The van der Waals surface area contributed by atoms with Crippen molar-refractivity contribution in [1.82, 2.24) is 9.88 Å². The maximum Gasteiger partial charge on any atom is 0.262 e. The number of likely N-dealkylation sites (tertiary alicyclic amines) is 1. The third-order valence-electron chi connectivity index (χ3n) is 6.01. The number of piperidine rings is 1. The van der Waals surface area contributed by atoms with Gasteiger partial charge in [-0.1, -0.05) is 30.0 Å². The van der Waals surface area contributed by atoms with Crippen molar-refractivity contribution < 1.29 is 14.4 Å². The molecule has 0 spiro atoms. The highest BCUT2D eigenvalue weighted by Crippen LogP contribution is 2.29. The van der Waals surface area contributed by atoms with Crippen molar-refractivity contribution in [2.75, 3.05) is 23.7 Å². The van der Waals surface area contributed by atoms with E-state index in [0.717, 1.165) is 42.0 Å². The number of hydrogen-bond acceptors (Lipinski definition) is 6. The Morgan fingerprint density at radius 3 is 2.54 bits per heavy atom. The molecule has 3 heterocycles. The average Bonchev–Trinajstić information content (AvgIpc) is 3.24. The number of rotatable bonds is 5. The van der Waals surface area contributed by atoms with Crippen molar-refractivity contribution in [3.05, 3.63) is 66.4 Å². The number of para-hydroxylation sites is 1. The molecule has 5 rings (SSSR count). The fourth-order valence-corrected chi connectivity index (χ4v) is 5.27. The number of amidine groups is 1. The number of aliphatic imine (C=N–C) groups is 1. The molecule has 9 heteroatoms. The van der Waals surface area contributed by atoms with E-state index < -0.39 is 5.25 Å². The van der Waals surface area contributed by atoms with E-state index in [1.54, 1.807) is 30.5 Å². The number of benzene rings is 2. The molecule has 0 radical (unpaired) electrons. The Morgan fingerprint density at radius 2 is 1.74 bits per heavy atom. The molecule has 0 bridgehead atoms. The number of carbonyl (C=O) groups excluding carboxylic acids is 3. The predicted octanol–water partition coefficient (Wildman–Crippen LogP) is 4.30. The standard InChI is InChI=1S/C26H25N5O3S/c32-23(15-22-25(34)30-26(35-22)31-12-4-1-5-13-31)28-19-10-8-17(9-11-19)24(33)29-20-14-18-6-2-3-7-21(18)27-16-20/h2-3,6-11,14,16,22H,1,4-5,12-13,15H2,(H,28,32)(H,29,33). The zero-order valence-corrected chi connectivity index (χ0v) is 19.9. The molecule has 35 heavy (non-hydrogen) atoms. The lowest BCUT2D eigenvalue weighted by Gasteiger charge is -2.27. The first-order valence-corrected chi connectivity index (χ1v) is 12.5. The lowest BCUT2D eigenvalue weighted by molar-refractivity contribution is -0.121. The Bertz CT molecular complexity index is 1300. The summed E-state index contributed by atoms with van der Waals surface area (Å²) in [4.78, 5) is 48.1. The van der Waals surface area contributed by atoms with E-state index in [9.17, 15) is 14.4 Å². The minimum Gasteiger partial charge on any atom is -0.351 e. The highest BCUT2D eigenvalue weighted by Gasteiger charge is 2.33. The highest BCUT2D eigenvalue weighted by molar-refractivity contribution is 8.15. The molecule has 0 aliphatic carbocycles. The Hall–Kier alpha value is -3.72. The smallest absolute Gasteiger partial charge is 0.262 e. The molecule has 1 atom stereocenters. The van der Waals surface area contributed by atoms with Gasteiger partial charge in [0.25, 0.3) is 11.8 Å². The predicted molar refractivity (Wildman–Crippen MR) is 139 cm³/mol. The van der Waals surface area contributed by atoms with Crippen LogP contribution in [0.1, 0.15) is 36.0 Å². The first-order valence-electron chi connectivity index (χ1n) is 11.7. The molecular weight excluding hydrogens is 462 g/mol. The van der Waals surface area contributed by atoms with Gasteiger partial charge in [0.05, 0.1) is 17.4 Å². The van der Waals surface area contributed by atoms with Crippen molar-refractivity contribution in [3.8, 4) is 0 Å². The maximum absolute atomic E-state index is 12.6. The van der Waals surface area contributed by atoms with Crippen LogP contribution in [-0.2, 0) is 9.59 Å². The van der Waals surface area contributed by atoms with Crippen LogP contribution in [0.5, 0.6) is 0 Å². The summed E-state index contributed by atoms with van der Waals surface area (Å²) in [6.07, 6.45) is 5.09. The van der Waals surface area contributed by atoms with E-state index in [4.69, 9.17) is 0 Å². The summed E-state index contributed by atoms with van der Waals surface area (Å²) in [5.74, 6) is -0.776.